The van der Waals surface area contributed by atoms with Crippen molar-refractivity contribution in [3.63, 3.8) is 0 Å². The summed E-state index contributed by atoms with van der Waals surface area (Å²) in [7, 11) is 0. The molecule has 0 spiro atoms. The lowest BCUT2D eigenvalue weighted by molar-refractivity contribution is -0.119. The van der Waals surface area contributed by atoms with Gasteiger partial charge in [-0.1, -0.05) is 0 Å². The average Bonchev–Trinajstić information content (AvgIpc) is 2.06. The Morgan fingerprint density at radius 2 is 2.25 bits per heavy atom. The minimum atomic E-state index is -0.302. The van der Waals surface area contributed by atoms with Crippen molar-refractivity contribution in [3.05, 3.63) is 30.1 Å². The van der Waals surface area contributed by atoms with Crippen LogP contribution in [-0.2, 0) is 11.2 Å². The van der Waals surface area contributed by atoms with Crippen LogP contribution in [0.4, 0.5) is 0 Å². The van der Waals surface area contributed by atoms with Crippen LogP contribution in [0.5, 0.6) is 0 Å². The Morgan fingerprint density at radius 1 is 1.58 bits per heavy atom. The van der Waals surface area contributed by atoms with E-state index in [9.17, 15) is 4.79 Å². The highest BCUT2D eigenvalue weighted by molar-refractivity contribution is 5.79. The zero-order valence-electron chi connectivity index (χ0n) is 6.32. The molecule has 1 heterocycles. The number of nitrogens with one attached hydrogen (secondary N) is 1. The summed E-state index contributed by atoms with van der Waals surface area (Å²) in [6.45, 7) is 0. The number of amides is 1. The summed E-state index contributed by atoms with van der Waals surface area (Å²) in [5, 5.41) is 10.2. The molecule has 0 aliphatic rings. The van der Waals surface area contributed by atoms with Gasteiger partial charge in [-0.25, -0.2) is 0 Å². The Kier molecular flexibility index (Phi) is 2.79. The summed E-state index contributed by atoms with van der Waals surface area (Å²) in [6, 6.07) is 3.47. The lowest BCUT2D eigenvalue weighted by atomic mass is 10.2. The zero-order valence-corrected chi connectivity index (χ0v) is 6.32. The molecule has 1 rings (SSSR count). The van der Waals surface area contributed by atoms with Crippen LogP contribution >= 0.6 is 0 Å². The molecule has 1 aromatic rings. The van der Waals surface area contributed by atoms with Crippen molar-refractivity contribution in [2.45, 2.75) is 6.42 Å². The Labute approximate surface area is 69.8 Å². The minimum Gasteiger partial charge on any atom is -0.274 e. The van der Waals surface area contributed by atoms with E-state index in [4.69, 9.17) is 5.26 Å². The van der Waals surface area contributed by atoms with Crippen molar-refractivity contribution in [3.8, 4) is 6.19 Å². The molecule has 0 unspecified atom stereocenters. The molecule has 0 bridgehead atoms. The van der Waals surface area contributed by atoms with Crippen molar-refractivity contribution in [1.29, 1.82) is 5.26 Å². The van der Waals surface area contributed by atoms with E-state index in [1.54, 1.807) is 30.7 Å². The first-order chi connectivity index (χ1) is 5.83. The quantitative estimate of drug-likeness (QED) is 0.498. The van der Waals surface area contributed by atoms with Crippen LogP contribution in [0.1, 0.15) is 5.56 Å². The zero-order chi connectivity index (χ0) is 8.81. The second-order valence-electron chi connectivity index (χ2n) is 2.19. The first-order valence-corrected chi connectivity index (χ1v) is 3.40. The van der Waals surface area contributed by atoms with E-state index in [1.165, 1.54) is 0 Å². The monoisotopic (exact) mass is 161 g/mol. The highest BCUT2D eigenvalue weighted by Crippen LogP contribution is 1.96. The Morgan fingerprint density at radius 3 is 2.83 bits per heavy atom. The summed E-state index contributed by atoms with van der Waals surface area (Å²) in [5.74, 6) is -0.302. The molecule has 0 saturated heterocycles. The molecular weight excluding hydrogens is 154 g/mol. The van der Waals surface area contributed by atoms with Crippen LogP contribution in [0.3, 0.4) is 0 Å². The fourth-order valence-electron chi connectivity index (χ4n) is 0.793. The third-order valence-electron chi connectivity index (χ3n) is 1.31. The number of hydrogen-bond donors (Lipinski definition) is 1. The van der Waals surface area contributed by atoms with E-state index in [-0.39, 0.29) is 12.3 Å². The molecule has 0 radical (unpaired) electrons. The van der Waals surface area contributed by atoms with Gasteiger partial charge in [0.2, 0.25) is 5.91 Å². The maximum atomic E-state index is 10.9. The average molecular weight is 161 g/mol. The van der Waals surface area contributed by atoms with Gasteiger partial charge in [-0.05, 0) is 17.7 Å². The third kappa shape index (κ3) is 2.39. The van der Waals surface area contributed by atoms with Gasteiger partial charge in [0.1, 0.15) is 0 Å². The van der Waals surface area contributed by atoms with Gasteiger partial charge in [-0.2, -0.15) is 5.26 Å². The number of rotatable bonds is 2. The first kappa shape index (κ1) is 8.21. The lowest BCUT2D eigenvalue weighted by Crippen LogP contribution is -2.19. The number of aromatic nitrogens is 1. The molecule has 0 fully saturated rings. The van der Waals surface area contributed by atoms with Crippen molar-refractivity contribution >= 4 is 5.91 Å². The second-order valence-corrected chi connectivity index (χ2v) is 2.19. The maximum Gasteiger partial charge on any atom is 0.237 e. The SMILES string of the molecule is N#CNC(=O)Cc1ccncc1. The summed E-state index contributed by atoms with van der Waals surface area (Å²) in [6.07, 6.45) is 5.00. The van der Waals surface area contributed by atoms with Crippen molar-refractivity contribution in [2.24, 2.45) is 0 Å². The summed E-state index contributed by atoms with van der Waals surface area (Å²) in [4.78, 5) is 14.7. The molecule has 0 atom stereocenters. The van der Waals surface area contributed by atoms with Crippen LogP contribution < -0.4 is 5.32 Å². The van der Waals surface area contributed by atoms with E-state index in [0.717, 1.165) is 5.56 Å². The Bertz CT molecular complexity index is 302. The summed E-state index contributed by atoms with van der Waals surface area (Å²) in [5.41, 5.74) is 0.845. The second kappa shape index (κ2) is 4.09. The Hall–Kier alpha value is -1.89. The molecular formula is C8H7N3O. The van der Waals surface area contributed by atoms with E-state index in [0.29, 0.717) is 0 Å². The van der Waals surface area contributed by atoms with Gasteiger partial charge in [-0.15, -0.1) is 0 Å². The topological polar surface area (TPSA) is 65.8 Å². The van der Waals surface area contributed by atoms with Crippen LogP contribution in [0.2, 0.25) is 0 Å². The number of carbonyl (C=O) groups is 1. The van der Waals surface area contributed by atoms with Crippen molar-refractivity contribution in [1.82, 2.24) is 10.3 Å². The Balaban J connectivity index is 2.54. The molecule has 0 aliphatic heterocycles. The van der Waals surface area contributed by atoms with E-state index in [1.807, 2.05) is 5.32 Å². The van der Waals surface area contributed by atoms with Crippen LogP contribution in [0.15, 0.2) is 24.5 Å². The normalized spacial score (nSPS) is 8.58. The lowest BCUT2D eigenvalue weighted by Gasteiger charge is -1.96. The van der Waals surface area contributed by atoms with Gasteiger partial charge in [0, 0.05) is 12.4 Å². The third-order valence-corrected chi connectivity index (χ3v) is 1.31. The number of nitriles is 1. The van der Waals surface area contributed by atoms with Gasteiger partial charge < -0.3 is 0 Å². The fraction of sp³-hybridized carbons (Fsp3) is 0.125. The van der Waals surface area contributed by atoms with Crippen LogP contribution in [0, 0.1) is 11.5 Å². The van der Waals surface area contributed by atoms with E-state index in [2.05, 4.69) is 4.98 Å². The summed E-state index contributed by atoms with van der Waals surface area (Å²) < 4.78 is 0. The predicted octanol–water partition coefficient (Wildman–Crippen LogP) is 0.221. The molecule has 4 heteroatoms. The molecule has 1 aromatic heterocycles. The summed E-state index contributed by atoms with van der Waals surface area (Å²) >= 11 is 0. The molecule has 12 heavy (non-hydrogen) atoms. The highest BCUT2D eigenvalue weighted by atomic mass is 16.1. The van der Waals surface area contributed by atoms with Gasteiger partial charge in [-0.3, -0.25) is 15.1 Å². The number of nitrogens with zero attached hydrogens (tertiary/aromatic N) is 2. The number of hydrogen-bond acceptors (Lipinski definition) is 3. The largest absolute Gasteiger partial charge is 0.274 e. The number of carbonyl (C=O) groups excluding carboxylic acids is 1. The highest BCUT2D eigenvalue weighted by Gasteiger charge is 2.00. The van der Waals surface area contributed by atoms with E-state index >= 15 is 0 Å². The van der Waals surface area contributed by atoms with Crippen LogP contribution in [-0.4, -0.2) is 10.9 Å². The molecule has 1 amide bonds. The van der Waals surface area contributed by atoms with Crippen LogP contribution in [0.25, 0.3) is 0 Å². The molecule has 4 nitrogen and oxygen atoms in total. The smallest absolute Gasteiger partial charge is 0.237 e. The van der Waals surface area contributed by atoms with Gasteiger partial charge in [0.25, 0.3) is 0 Å². The molecule has 0 aliphatic carbocycles. The molecule has 0 aromatic carbocycles. The molecule has 1 N–H and O–H groups in total. The van der Waals surface area contributed by atoms with Gasteiger partial charge >= 0.3 is 0 Å². The van der Waals surface area contributed by atoms with E-state index < -0.39 is 0 Å². The van der Waals surface area contributed by atoms with Crippen molar-refractivity contribution < 1.29 is 4.79 Å². The maximum absolute atomic E-state index is 10.9. The first-order valence-electron chi connectivity index (χ1n) is 3.40. The minimum absolute atomic E-state index is 0.218. The van der Waals surface area contributed by atoms with Crippen molar-refractivity contribution in [2.75, 3.05) is 0 Å². The molecule has 60 valence electrons. The standard InChI is InChI=1S/C8H7N3O/c9-6-11-8(12)5-7-1-3-10-4-2-7/h1-4H,5H2,(H,11,12). The predicted molar refractivity (Wildman–Crippen MR) is 41.7 cm³/mol. The number of pyridine rings is 1. The fourth-order valence-corrected chi connectivity index (χ4v) is 0.793. The van der Waals surface area contributed by atoms with Gasteiger partial charge in [0.15, 0.2) is 6.19 Å². The molecule has 0 saturated carbocycles. The van der Waals surface area contributed by atoms with Gasteiger partial charge in [0.05, 0.1) is 6.42 Å².